The van der Waals surface area contributed by atoms with Crippen LogP contribution in [0.15, 0.2) is 30.3 Å². The monoisotopic (exact) mass is 220 g/mol. The molecule has 0 amide bonds. The van der Waals surface area contributed by atoms with Gasteiger partial charge in [-0.05, 0) is 31.4 Å². The lowest BCUT2D eigenvalue weighted by Gasteiger charge is -2.26. The number of carbonyl (C=O) groups excluding carboxylic acids is 1. The van der Waals surface area contributed by atoms with Crippen LogP contribution >= 0.6 is 0 Å². The fourth-order valence-corrected chi connectivity index (χ4v) is 1.65. The topological polar surface area (TPSA) is 35.5 Å². The summed E-state index contributed by atoms with van der Waals surface area (Å²) in [6.07, 6.45) is 3.41. The van der Waals surface area contributed by atoms with E-state index in [-0.39, 0.29) is 5.97 Å². The Morgan fingerprint density at radius 2 is 2.12 bits per heavy atom. The Morgan fingerprint density at radius 1 is 1.38 bits per heavy atom. The molecule has 1 atom stereocenters. The number of rotatable bonds is 5. The van der Waals surface area contributed by atoms with E-state index in [2.05, 4.69) is 0 Å². The van der Waals surface area contributed by atoms with Crippen LogP contribution in [0.4, 0.5) is 0 Å². The lowest BCUT2D eigenvalue weighted by molar-refractivity contribution is -0.0575. The van der Waals surface area contributed by atoms with Crippen molar-refractivity contribution in [2.75, 3.05) is 13.2 Å². The minimum absolute atomic E-state index is 0.241. The number of carbonyl (C=O) groups is 1. The predicted molar refractivity (Wildman–Crippen MR) is 60.3 cm³/mol. The fraction of sp³-hybridized carbons (Fsp3) is 0.462. The van der Waals surface area contributed by atoms with Crippen LogP contribution in [-0.4, -0.2) is 25.3 Å². The zero-order valence-electron chi connectivity index (χ0n) is 9.22. The number of hydrogen-bond donors (Lipinski definition) is 0. The van der Waals surface area contributed by atoms with Gasteiger partial charge in [0.15, 0.2) is 0 Å². The van der Waals surface area contributed by atoms with E-state index in [1.54, 1.807) is 12.1 Å². The first kappa shape index (κ1) is 11.1. The molecule has 1 aromatic rings. The van der Waals surface area contributed by atoms with E-state index >= 15 is 0 Å². The second-order valence-corrected chi connectivity index (χ2v) is 3.93. The molecule has 1 heterocycles. The molecule has 1 saturated heterocycles. The first-order valence-corrected chi connectivity index (χ1v) is 5.70. The fourth-order valence-electron chi connectivity index (χ4n) is 1.65. The quantitative estimate of drug-likeness (QED) is 0.564. The van der Waals surface area contributed by atoms with E-state index in [9.17, 15) is 4.79 Å². The Hall–Kier alpha value is -1.35. The standard InChI is InChI=1S/C13H16O3/c14-13(11-5-2-1-3-6-11)16-9-4-7-12-8-10-15-12/h1-3,5-6,12H,4,7-10H2. The summed E-state index contributed by atoms with van der Waals surface area (Å²) in [4.78, 5) is 11.5. The van der Waals surface area contributed by atoms with Gasteiger partial charge in [0.2, 0.25) is 0 Å². The van der Waals surface area contributed by atoms with Crippen LogP contribution in [-0.2, 0) is 9.47 Å². The SMILES string of the molecule is O=C(OCCCC1CCO1)c1ccccc1. The van der Waals surface area contributed by atoms with E-state index in [1.807, 2.05) is 18.2 Å². The normalized spacial score (nSPS) is 18.9. The van der Waals surface area contributed by atoms with Crippen LogP contribution < -0.4 is 0 Å². The first-order valence-electron chi connectivity index (χ1n) is 5.70. The molecule has 0 N–H and O–H groups in total. The second-order valence-electron chi connectivity index (χ2n) is 3.93. The molecule has 0 spiro atoms. The maximum absolute atomic E-state index is 11.5. The van der Waals surface area contributed by atoms with Crippen LogP contribution in [0, 0.1) is 0 Å². The van der Waals surface area contributed by atoms with Gasteiger partial charge in [-0.2, -0.15) is 0 Å². The largest absolute Gasteiger partial charge is 0.462 e. The lowest BCUT2D eigenvalue weighted by atomic mass is 10.1. The third-order valence-electron chi connectivity index (χ3n) is 2.71. The van der Waals surface area contributed by atoms with Crippen LogP contribution in [0.5, 0.6) is 0 Å². The van der Waals surface area contributed by atoms with E-state index in [4.69, 9.17) is 9.47 Å². The molecule has 0 saturated carbocycles. The van der Waals surface area contributed by atoms with Gasteiger partial charge in [-0.3, -0.25) is 0 Å². The summed E-state index contributed by atoms with van der Waals surface area (Å²) in [7, 11) is 0. The Labute approximate surface area is 95.4 Å². The zero-order chi connectivity index (χ0) is 11.2. The van der Waals surface area contributed by atoms with Gasteiger partial charge in [0, 0.05) is 6.61 Å². The molecular weight excluding hydrogens is 204 g/mol. The van der Waals surface area contributed by atoms with Crippen molar-refractivity contribution in [1.82, 2.24) is 0 Å². The number of benzene rings is 1. The van der Waals surface area contributed by atoms with Crippen molar-refractivity contribution in [3.05, 3.63) is 35.9 Å². The van der Waals surface area contributed by atoms with Gasteiger partial charge in [-0.15, -0.1) is 0 Å². The molecule has 1 fully saturated rings. The number of esters is 1. The van der Waals surface area contributed by atoms with Gasteiger partial charge >= 0.3 is 5.97 Å². The Balaban J connectivity index is 1.64. The van der Waals surface area contributed by atoms with Gasteiger partial charge in [0.05, 0.1) is 18.3 Å². The molecular formula is C13H16O3. The summed E-state index contributed by atoms with van der Waals surface area (Å²) >= 11 is 0. The van der Waals surface area contributed by atoms with Crippen molar-refractivity contribution in [2.24, 2.45) is 0 Å². The van der Waals surface area contributed by atoms with E-state index < -0.39 is 0 Å². The molecule has 1 aliphatic heterocycles. The average molecular weight is 220 g/mol. The third-order valence-corrected chi connectivity index (χ3v) is 2.71. The summed E-state index contributed by atoms with van der Waals surface area (Å²) in [6.45, 7) is 1.36. The molecule has 3 heteroatoms. The molecule has 1 aliphatic rings. The smallest absolute Gasteiger partial charge is 0.338 e. The van der Waals surface area contributed by atoms with Crippen LogP contribution in [0.3, 0.4) is 0 Å². The molecule has 86 valence electrons. The van der Waals surface area contributed by atoms with Crippen molar-refractivity contribution in [1.29, 1.82) is 0 Å². The summed E-state index contributed by atoms with van der Waals surface area (Å²) in [5.41, 5.74) is 0.613. The number of ether oxygens (including phenoxy) is 2. The Kier molecular flexibility index (Phi) is 3.94. The van der Waals surface area contributed by atoms with Crippen molar-refractivity contribution < 1.29 is 14.3 Å². The highest BCUT2D eigenvalue weighted by molar-refractivity contribution is 5.89. The first-order chi connectivity index (χ1) is 7.86. The molecule has 2 rings (SSSR count). The average Bonchev–Trinajstić information content (AvgIpc) is 2.27. The van der Waals surface area contributed by atoms with Crippen molar-refractivity contribution >= 4 is 5.97 Å². The van der Waals surface area contributed by atoms with E-state index in [0.717, 1.165) is 25.9 Å². The van der Waals surface area contributed by atoms with Crippen LogP contribution in [0.25, 0.3) is 0 Å². The summed E-state index contributed by atoms with van der Waals surface area (Å²) in [5.74, 6) is -0.241. The summed E-state index contributed by atoms with van der Waals surface area (Å²) in [5, 5.41) is 0. The lowest BCUT2D eigenvalue weighted by Crippen LogP contribution is -2.26. The van der Waals surface area contributed by atoms with Gasteiger partial charge in [-0.25, -0.2) is 4.79 Å². The molecule has 0 radical (unpaired) electrons. The van der Waals surface area contributed by atoms with Gasteiger partial charge in [0.1, 0.15) is 0 Å². The number of hydrogen-bond acceptors (Lipinski definition) is 3. The predicted octanol–water partition coefficient (Wildman–Crippen LogP) is 2.41. The van der Waals surface area contributed by atoms with Gasteiger partial charge < -0.3 is 9.47 Å². The summed E-state index contributed by atoms with van der Waals surface area (Å²) in [6, 6.07) is 9.07. The van der Waals surface area contributed by atoms with Crippen molar-refractivity contribution in [3.8, 4) is 0 Å². The molecule has 1 aromatic carbocycles. The highest BCUT2D eigenvalue weighted by Crippen LogP contribution is 2.16. The minimum atomic E-state index is -0.241. The van der Waals surface area contributed by atoms with Gasteiger partial charge in [-0.1, -0.05) is 18.2 Å². The zero-order valence-corrected chi connectivity index (χ0v) is 9.22. The third kappa shape index (κ3) is 3.07. The van der Waals surface area contributed by atoms with Gasteiger partial charge in [0.25, 0.3) is 0 Å². The van der Waals surface area contributed by atoms with Crippen molar-refractivity contribution in [3.63, 3.8) is 0 Å². The Morgan fingerprint density at radius 3 is 2.75 bits per heavy atom. The van der Waals surface area contributed by atoms with E-state index in [1.165, 1.54) is 0 Å². The van der Waals surface area contributed by atoms with Crippen molar-refractivity contribution in [2.45, 2.75) is 25.4 Å². The maximum atomic E-state index is 11.5. The van der Waals surface area contributed by atoms with Crippen LogP contribution in [0.2, 0.25) is 0 Å². The highest BCUT2D eigenvalue weighted by atomic mass is 16.5. The molecule has 1 unspecified atom stereocenters. The second kappa shape index (κ2) is 5.66. The molecule has 0 aromatic heterocycles. The summed E-state index contributed by atoms with van der Waals surface area (Å²) < 4.78 is 10.4. The Bertz CT molecular complexity index is 330. The molecule has 16 heavy (non-hydrogen) atoms. The molecule has 0 aliphatic carbocycles. The van der Waals surface area contributed by atoms with Crippen LogP contribution in [0.1, 0.15) is 29.6 Å². The minimum Gasteiger partial charge on any atom is -0.462 e. The highest BCUT2D eigenvalue weighted by Gasteiger charge is 2.17. The maximum Gasteiger partial charge on any atom is 0.338 e. The molecule has 0 bridgehead atoms. The van der Waals surface area contributed by atoms with E-state index in [0.29, 0.717) is 18.3 Å². The molecule has 3 nitrogen and oxygen atoms in total.